The number of hydrogen-bond donors (Lipinski definition) is 1. The zero-order valence-corrected chi connectivity index (χ0v) is 11.3. The van der Waals surface area contributed by atoms with Gasteiger partial charge in [0.1, 0.15) is 11.4 Å². The Kier molecular flexibility index (Phi) is 3.49. The Bertz CT molecular complexity index is 496. The normalized spacial score (nSPS) is 19.0. The van der Waals surface area contributed by atoms with Crippen LogP contribution in [0.1, 0.15) is 38.1 Å². The molecule has 1 aliphatic heterocycles. The van der Waals surface area contributed by atoms with Crippen molar-refractivity contribution in [3.8, 4) is 0 Å². The molecule has 0 bridgehead atoms. The molecule has 1 amide bonds. The molecular formula is C14H18FNO3. The summed E-state index contributed by atoms with van der Waals surface area (Å²) in [5.74, 6) is -0.502. The van der Waals surface area contributed by atoms with Crippen molar-refractivity contribution in [3.63, 3.8) is 0 Å². The molecular weight excluding hydrogens is 249 g/mol. The van der Waals surface area contributed by atoms with Crippen LogP contribution in [0.5, 0.6) is 0 Å². The number of nitrogens with zero attached hydrogens (tertiary/aromatic N) is 1. The number of ether oxygens (including phenoxy) is 1. The highest BCUT2D eigenvalue weighted by Gasteiger charge is 2.33. The summed E-state index contributed by atoms with van der Waals surface area (Å²) in [5, 5.41) is 10.2. The second-order valence-corrected chi connectivity index (χ2v) is 5.61. The van der Waals surface area contributed by atoms with E-state index < -0.39 is 23.7 Å². The van der Waals surface area contributed by atoms with Gasteiger partial charge in [0.05, 0.1) is 0 Å². The van der Waals surface area contributed by atoms with Crippen molar-refractivity contribution in [2.24, 2.45) is 0 Å². The average Bonchev–Trinajstić information content (AvgIpc) is 2.26. The van der Waals surface area contributed by atoms with Crippen LogP contribution in [0.3, 0.4) is 0 Å². The minimum absolute atomic E-state index is 0.166. The summed E-state index contributed by atoms with van der Waals surface area (Å²) >= 11 is 0. The number of fused-ring (bicyclic) bond motifs is 1. The largest absolute Gasteiger partial charge is 0.444 e. The van der Waals surface area contributed by atoms with E-state index in [1.165, 1.54) is 6.07 Å². The minimum Gasteiger partial charge on any atom is -0.444 e. The standard InChI is InChI=1S/C14H18FNO3/c1-14(2,3)19-13(18)16-8-7-9-5-4-6-10(15)11(9)12(16)17/h4-6,12,17H,7-8H2,1-3H3. The van der Waals surface area contributed by atoms with Gasteiger partial charge in [0.25, 0.3) is 0 Å². The fourth-order valence-corrected chi connectivity index (χ4v) is 2.12. The Morgan fingerprint density at radius 2 is 2.16 bits per heavy atom. The van der Waals surface area contributed by atoms with Crippen LogP contribution in [0.15, 0.2) is 18.2 Å². The van der Waals surface area contributed by atoms with Gasteiger partial charge in [0.2, 0.25) is 0 Å². The van der Waals surface area contributed by atoms with Crippen molar-refractivity contribution in [1.82, 2.24) is 4.90 Å². The van der Waals surface area contributed by atoms with Gasteiger partial charge in [-0.2, -0.15) is 0 Å². The molecule has 0 radical (unpaired) electrons. The first-order valence-corrected chi connectivity index (χ1v) is 6.24. The predicted molar refractivity (Wildman–Crippen MR) is 68.0 cm³/mol. The number of carbonyl (C=O) groups is 1. The molecule has 1 aromatic rings. The Balaban J connectivity index is 2.24. The molecule has 0 aliphatic carbocycles. The Morgan fingerprint density at radius 1 is 1.47 bits per heavy atom. The SMILES string of the molecule is CC(C)(C)OC(=O)N1CCc2cccc(F)c2C1O. The van der Waals surface area contributed by atoms with Crippen LogP contribution in [-0.4, -0.2) is 28.2 Å². The maximum Gasteiger partial charge on any atom is 0.412 e. The average molecular weight is 267 g/mol. The van der Waals surface area contributed by atoms with Gasteiger partial charge in [0, 0.05) is 12.1 Å². The lowest BCUT2D eigenvalue weighted by molar-refractivity contribution is -0.0371. The third-order valence-electron chi connectivity index (χ3n) is 2.95. The van der Waals surface area contributed by atoms with Crippen molar-refractivity contribution in [1.29, 1.82) is 0 Å². The van der Waals surface area contributed by atoms with Gasteiger partial charge in [-0.1, -0.05) is 12.1 Å². The van der Waals surface area contributed by atoms with Crippen LogP contribution >= 0.6 is 0 Å². The van der Waals surface area contributed by atoms with E-state index in [1.54, 1.807) is 32.9 Å². The van der Waals surface area contributed by atoms with Crippen molar-refractivity contribution in [2.75, 3.05) is 6.54 Å². The Labute approximate surface area is 111 Å². The molecule has 1 unspecified atom stereocenters. The molecule has 0 aromatic heterocycles. The quantitative estimate of drug-likeness (QED) is 0.786. The highest BCUT2D eigenvalue weighted by molar-refractivity contribution is 5.69. The lowest BCUT2D eigenvalue weighted by Gasteiger charge is -2.35. The van der Waals surface area contributed by atoms with Gasteiger partial charge in [-0.25, -0.2) is 9.18 Å². The van der Waals surface area contributed by atoms with Crippen LogP contribution in [0.4, 0.5) is 9.18 Å². The summed E-state index contributed by atoms with van der Waals surface area (Å²) in [7, 11) is 0. The summed E-state index contributed by atoms with van der Waals surface area (Å²) in [4.78, 5) is 13.1. The smallest absolute Gasteiger partial charge is 0.412 e. The fourth-order valence-electron chi connectivity index (χ4n) is 2.12. The van der Waals surface area contributed by atoms with E-state index in [1.807, 2.05) is 0 Å². The summed E-state index contributed by atoms with van der Waals surface area (Å²) < 4.78 is 19.0. The maximum atomic E-state index is 13.8. The molecule has 1 N–H and O–H groups in total. The van der Waals surface area contributed by atoms with Gasteiger partial charge in [-0.05, 0) is 38.8 Å². The van der Waals surface area contributed by atoms with Gasteiger partial charge >= 0.3 is 6.09 Å². The molecule has 19 heavy (non-hydrogen) atoms. The molecule has 1 atom stereocenters. The topological polar surface area (TPSA) is 49.8 Å². The lowest BCUT2D eigenvalue weighted by Crippen LogP contribution is -2.43. The van der Waals surface area contributed by atoms with E-state index in [2.05, 4.69) is 0 Å². The lowest BCUT2D eigenvalue weighted by atomic mass is 9.98. The molecule has 2 rings (SSSR count). The van der Waals surface area contributed by atoms with E-state index >= 15 is 0 Å². The number of benzene rings is 1. The van der Waals surface area contributed by atoms with E-state index in [0.29, 0.717) is 13.0 Å². The molecule has 0 spiro atoms. The number of aliphatic hydroxyl groups excluding tert-OH is 1. The number of halogens is 1. The van der Waals surface area contributed by atoms with Crippen LogP contribution in [0.25, 0.3) is 0 Å². The summed E-state index contributed by atoms with van der Waals surface area (Å²) in [6, 6.07) is 4.64. The summed E-state index contributed by atoms with van der Waals surface area (Å²) in [6.45, 7) is 5.55. The van der Waals surface area contributed by atoms with Crippen LogP contribution in [-0.2, 0) is 11.2 Å². The number of aliphatic hydroxyl groups is 1. The molecule has 5 heteroatoms. The monoisotopic (exact) mass is 267 g/mol. The van der Waals surface area contributed by atoms with Gasteiger partial charge in [-0.15, -0.1) is 0 Å². The third-order valence-corrected chi connectivity index (χ3v) is 2.95. The number of carbonyl (C=O) groups excluding carboxylic acids is 1. The third kappa shape index (κ3) is 2.87. The number of amides is 1. The molecule has 0 saturated carbocycles. The highest BCUT2D eigenvalue weighted by atomic mass is 19.1. The first kappa shape index (κ1) is 13.8. The molecule has 1 aliphatic rings. The highest BCUT2D eigenvalue weighted by Crippen LogP contribution is 2.30. The maximum absolute atomic E-state index is 13.8. The van der Waals surface area contributed by atoms with Gasteiger partial charge in [0.15, 0.2) is 6.23 Å². The number of hydrogen-bond acceptors (Lipinski definition) is 3. The molecule has 0 saturated heterocycles. The minimum atomic E-state index is -1.29. The van der Waals surface area contributed by atoms with Crippen LogP contribution in [0.2, 0.25) is 0 Å². The van der Waals surface area contributed by atoms with E-state index in [0.717, 1.165) is 10.5 Å². The summed E-state index contributed by atoms with van der Waals surface area (Å²) in [6.07, 6.45) is -1.42. The van der Waals surface area contributed by atoms with Gasteiger partial charge < -0.3 is 9.84 Å². The number of rotatable bonds is 0. The Morgan fingerprint density at radius 3 is 2.79 bits per heavy atom. The zero-order valence-electron chi connectivity index (χ0n) is 11.3. The second-order valence-electron chi connectivity index (χ2n) is 5.61. The van der Waals surface area contributed by atoms with Crippen molar-refractivity contribution >= 4 is 6.09 Å². The second kappa shape index (κ2) is 4.81. The van der Waals surface area contributed by atoms with Crippen molar-refractivity contribution in [3.05, 3.63) is 35.1 Å². The van der Waals surface area contributed by atoms with Crippen molar-refractivity contribution < 1.29 is 19.0 Å². The summed E-state index contributed by atoms with van der Waals surface area (Å²) in [5.41, 5.74) is 0.249. The van der Waals surface area contributed by atoms with Crippen LogP contribution in [0, 0.1) is 5.82 Å². The van der Waals surface area contributed by atoms with Gasteiger partial charge in [-0.3, -0.25) is 4.90 Å². The first-order chi connectivity index (χ1) is 8.79. The van der Waals surface area contributed by atoms with Crippen molar-refractivity contribution in [2.45, 2.75) is 39.0 Å². The first-order valence-electron chi connectivity index (χ1n) is 6.24. The molecule has 0 fully saturated rings. The molecule has 4 nitrogen and oxygen atoms in total. The molecule has 1 aromatic carbocycles. The Hall–Kier alpha value is -1.62. The fraction of sp³-hybridized carbons (Fsp3) is 0.500. The van der Waals surface area contributed by atoms with E-state index in [4.69, 9.17) is 4.74 Å². The van der Waals surface area contributed by atoms with E-state index in [-0.39, 0.29) is 5.56 Å². The van der Waals surface area contributed by atoms with E-state index in [9.17, 15) is 14.3 Å². The molecule has 104 valence electrons. The van der Waals surface area contributed by atoms with Crippen LogP contribution < -0.4 is 0 Å². The molecule has 1 heterocycles. The predicted octanol–water partition coefficient (Wildman–Crippen LogP) is 2.61. The zero-order chi connectivity index (χ0) is 14.2.